The third-order valence-electron chi connectivity index (χ3n) is 3.65. The third kappa shape index (κ3) is 3.59. The Kier molecular flexibility index (Phi) is 5.69. The summed E-state index contributed by atoms with van der Waals surface area (Å²) in [5.41, 5.74) is -0.724. The standard InChI is InChI=1S/C14H22N2O5/c1-3-20-13(17)14(6-4-7-14)12-15-11(16-21-12)5-8-19-10-9-18-2/h3-10H2,1-2H3. The molecule has 0 N–H and O–H groups in total. The smallest absolute Gasteiger partial charge is 0.321 e. The highest BCUT2D eigenvalue weighted by molar-refractivity contribution is 5.82. The van der Waals surface area contributed by atoms with Crippen molar-refractivity contribution in [1.29, 1.82) is 0 Å². The number of methoxy groups -OCH3 is 1. The van der Waals surface area contributed by atoms with Gasteiger partial charge in [-0.05, 0) is 19.8 Å². The Bertz CT molecular complexity index is 456. The molecule has 7 heteroatoms. The number of rotatable bonds is 9. The van der Waals surface area contributed by atoms with Crippen molar-refractivity contribution < 1.29 is 23.5 Å². The molecule has 7 nitrogen and oxygen atoms in total. The Labute approximate surface area is 123 Å². The van der Waals surface area contributed by atoms with Crippen LogP contribution >= 0.6 is 0 Å². The number of carbonyl (C=O) groups excluding carboxylic acids is 1. The van der Waals surface area contributed by atoms with E-state index in [1.165, 1.54) is 0 Å². The van der Waals surface area contributed by atoms with Gasteiger partial charge in [-0.3, -0.25) is 4.79 Å². The SMILES string of the molecule is CCOC(=O)C1(c2nc(CCOCCOC)no2)CCC1. The van der Waals surface area contributed by atoms with Crippen molar-refractivity contribution in [3.8, 4) is 0 Å². The first kappa shape index (κ1) is 15.9. The van der Waals surface area contributed by atoms with Gasteiger partial charge in [-0.2, -0.15) is 4.98 Å². The Morgan fingerprint density at radius 2 is 2.14 bits per heavy atom. The summed E-state index contributed by atoms with van der Waals surface area (Å²) in [5.74, 6) is 0.667. The molecular weight excluding hydrogens is 276 g/mol. The highest BCUT2D eigenvalue weighted by Crippen LogP contribution is 2.44. The number of hydrogen-bond donors (Lipinski definition) is 0. The van der Waals surface area contributed by atoms with Gasteiger partial charge in [-0.25, -0.2) is 0 Å². The number of nitrogens with zero attached hydrogens (tertiary/aromatic N) is 2. The van der Waals surface area contributed by atoms with E-state index in [0.29, 0.717) is 57.4 Å². The van der Waals surface area contributed by atoms with Crippen LogP contribution in [0.2, 0.25) is 0 Å². The zero-order chi connectivity index (χ0) is 15.1. The lowest BCUT2D eigenvalue weighted by Crippen LogP contribution is -2.44. The maximum atomic E-state index is 12.1. The van der Waals surface area contributed by atoms with E-state index in [4.69, 9.17) is 18.7 Å². The molecule has 118 valence electrons. The minimum atomic E-state index is -0.724. The lowest BCUT2D eigenvalue weighted by molar-refractivity contribution is -0.155. The van der Waals surface area contributed by atoms with Crippen LogP contribution in [-0.2, 0) is 30.8 Å². The molecule has 0 unspecified atom stereocenters. The predicted molar refractivity (Wildman–Crippen MR) is 72.9 cm³/mol. The van der Waals surface area contributed by atoms with Gasteiger partial charge in [0.15, 0.2) is 5.82 Å². The number of esters is 1. The van der Waals surface area contributed by atoms with Crippen LogP contribution in [0.25, 0.3) is 0 Å². The van der Waals surface area contributed by atoms with Crippen molar-refractivity contribution in [2.75, 3.05) is 33.5 Å². The molecule has 21 heavy (non-hydrogen) atoms. The normalized spacial score (nSPS) is 16.5. The molecule has 0 aromatic carbocycles. The van der Waals surface area contributed by atoms with Crippen LogP contribution in [0.4, 0.5) is 0 Å². The molecule has 0 aliphatic heterocycles. The lowest BCUT2D eigenvalue weighted by atomic mass is 9.68. The minimum absolute atomic E-state index is 0.261. The Hall–Kier alpha value is -1.47. The van der Waals surface area contributed by atoms with Gasteiger partial charge >= 0.3 is 5.97 Å². The van der Waals surface area contributed by atoms with Gasteiger partial charge in [0.1, 0.15) is 5.41 Å². The van der Waals surface area contributed by atoms with Crippen LogP contribution < -0.4 is 0 Å². The van der Waals surface area contributed by atoms with Gasteiger partial charge in [0.2, 0.25) is 5.89 Å². The molecule has 1 aromatic heterocycles. The Morgan fingerprint density at radius 1 is 1.33 bits per heavy atom. The summed E-state index contributed by atoms with van der Waals surface area (Å²) in [5, 5.41) is 3.92. The molecule has 1 aromatic rings. The number of aromatic nitrogens is 2. The summed E-state index contributed by atoms with van der Waals surface area (Å²) in [6.45, 7) is 3.74. The largest absolute Gasteiger partial charge is 0.465 e. The van der Waals surface area contributed by atoms with Crippen molar-refractivity contribution in [3.05, 3.63) is 11.7 Å². The predicted octanol–water partition coefficient (Wildman–Crippen LogP) is 1.26. The summed E-state index contributed by atoms with van der Waals surface area (Å²) in [6, 6.07) is 0. The zero-order valence-electron chi connectivity index (χ0n) is 12.6. The summed E-state index contributed by atoms with van der Waals surface area (Å²) in [7, 11) is 1.63. The van der Waals surface area contributed by atoms with E-state index in [2.05, 4.69) is 10.1 Å². The molecule has 0 spiro atoms. The molecule has 2 rings (SSSR count). The molecule has 1 aliphatic carbocycles. The van der Waals surface area contributed by atoms with Crippen molar-refractivity contribution >= 4 is 5.97 Å². The Morgan fingerprint density at radius 3 is 2.76 bits per heavy atom. The van der Waals surface area contributed by atoms with E-state index in [-0.39, 0.29) is 5.97 Å². The van der Waals surface area contributed by atoms with Gasteiger partial charge in [-0.15, -0.1) is 0 Å². The molecule has 0 radical (unpaired) electrons. The first-order chi connectivity index (χ1) is 10.2. The topological polar surface area (TPSA) is 83.7 Å². The summed E-state index contributed by atoms with van der Waals surface area (Å²) >= 11 is 0. The van der Waals surface area contributed by atoms with Crippen molar-refractivity contribution in [3.63, 3.8) is 0 Å². The van der Waals surface area contributed by atoms with Crippen LogP contribution in [0.15, 0.2) is 4.52 Å². The highest BCUT2D eigenvalue weighted by Gasteiger charge is 2.51. The van der Waals surface area contributed by atoms with Crippen LogP contribution in [0, 0.1) is 0 Å². The van der Waals surface area contributed by atoms with E-state index in [1.54, 1.807) is 14.0 Å². The average Bonchev–Trinajstić information content (AvgIpc) is 2.86. The fraction of sp³-hybridized carbons (Fsp3) is 0.786. The highest BCUT2D eigenvalue weighted by atomic mass is 16.5. The maximum Gasteiger partial charge on any atom is 0.321 e. The minimum Gasteiger partial charge on any atom is -0.465 e. The molecule has 0 saturated heterocycles. The van der Waals surface area contributed by atoms with E-state index < -0.39 is 5.41 Å². The first-order valence-corrected chi connectivity index (χ1v) is 7.30. The van der Waals surface area contributed by atoms with Gasteiger partial charge in [-0.1, -0.05) is 11.6 Å². The summed E-state index contributed by atoms with van der Waals surface area (Å²) < 4.78 is 20.7. The maximum absolute atomic E-state index is 12.1. The molecular formula is C14H22N2O5. The van der Waals surface area contributed by atoms with Gasteiger partial charge in [0, 0.05) is 13.5 Å². The quantitative estimate of drug-likeness (QED) is 0.501. The summed E-state index contributed by atoms with van der Waals surface area (Å²) in [4.78, 5) is 16.4. The average molecular weight is 298 g/mol. The fourth-order valence-corrected chi connectivity index (χ4v) is 2.26. The van der Waals surface area contributed by atoms with Crippen LogP contribution in [-0.4, -0.2) is 49.6 Å². The second-order valence-electron chi connectivity index (χ2n) is 5.03. The fourth-order valence-electron chi connectivity index (χ4n) is 2.26. The van der Waals surface area contributed by atoms with Gasteiger partial charge in [0.25, 0.3) is 0 Å². The van der Waals surface area contributed by atoms with Gasteiger partial charge in [0.05, 0.1) is 26.4 Å². The molecule has 1 aliphatic rings. The molecule has 1 heterocycles. The second kappa shape index (κ2) is 7.51. The third-order valence-corrected chi connectivity index (χ3v) is 3.65. The number of ether oxygens (including phenoxy) is 3. The van der Waals surface area contributed by atoms with Crippen LogP contribution in [0.5, 0.6) is 0 Å². The van der Waals surface area contributed by atoms with E-state index >= 15 is 0 Å². The first-order valence-electron chi connectivity index (χ1n) is 7.30. The second-order valence-corrected chi connectivity index (χ2v) is 5.03. The molecule has 0 amide bonds. The number of hydrogen-bond acceptors (Lipinski definition) is 7. The molecule has 1 saturated carbocycles. The van der Waals surface area contributed by atoms with Crippen molar-refractivity contribution in [2.24, 2.45) is 0 Å². The van der Waals surface area contributed by atoms with Crippen LogP contribution in [0.3, 0.4) is 0 Å². The molecule has 0 bridgehead atoms. The van der Waals surface area contributed by atoms with E-state index in [1.807, 2.05) is 0 Å². The van der Waals surface area contributed by atoms with Crippen molar-refractivity contribution in [1.82, 2.24) is 10.1 Å². The Balaban J connectivity index is 1.90. The number of carbonyl (C=O) groups is 1. The van der Waals surface area contributed by atoms with E-state index in [9.17, 15) is 4.79 Å². The molecule has 0 atom stereocenters. The summed E-state index contributed by atoms with van der Waals surface area (Å²) in [6.07, 6.45) is 2.93. The molecule has 1 fully saturated rings. The monoisotopic (exact) mass is 298 g/mol. The van der Waals surface area contributed by atoms with Crippen LogP contribution in [0.1, 0.15) is 37.9 Å². The van der Waals surface area contributed by atoms with Crippen molar-refractivity contribution in [2.45, 2.75) is 38.0 Å². The lowest BCUT2D eigenvalue weighted by Gasteiger charge is -2.35. The van der Waals surface area contributed by atoms with Gasteiger partial charge < -0.3 is 18.7 Å². The van der Waals surface area contributed by atoms with E-state index in [0.717, 1.165) is 6.42 Å². The zero-order valence-corrected chi connectivity index (χ0v) is 12.6.